The molecule has 2 unspecified atom stereocenters. The zero-order valence-electron chi connectivity index (χ0n) is 11.9. The number of hydrogen-bond acceptors (Lipinski definition) is 6. The molecule has 0 aliphatic carbocycles. The molecular weight excluding hydrogens is 276 g/mol. The van der Waals surface area contributed by atoms with E-state index in [0.29, 0.717) is 13.2 Å². The summed E-state index contributed by atoms with van der Waals surface area (Å²) >= 11 is 0. The molecule has 0 aromatic rings. The van der Waals surface area contributed by atoms with E-state index in [0.717, 1.165) is 0 Å². The molecule has 2 saturated heterocycles. The maximum atomic E-state index is 11.9. The molecule has 2 aliphatic rings. The summed E-state index contributed by atoms with van der Waals surface area (Å²) in [7, 11) is 0. The lowest BCUT2D eigenvalue weighted by molar-refractivity contribution is -0.139. The molecule has 0 bridgehead atoms. The van der Waals surface area contributed by atoms with Gasteiger partial charge in [0.15, 0.2) is 0 Å². The molecule has 0 aromatic heterocycles. The van der Waals surface area contributed by atoms with Crippen molar-refractivity contribution in [2.75, 3.05) is 26.4 Å². The minimum atomic E-state index is -0.578. The Kier molecular flexibility index (Phi) is 5.30. The van der Waals surface area contributed by atoms with E-state index >= 15 is 0 Å². The second kappa shape index (κ2) is 7.19. The Morgan fingerprint density at radius 1 is 1.14 bits per heavy atom. The highest BCUT2D eigenvalue weighted by Gasteiger charge is 2.26. The van der Waals surface area contributed by atoms with Gasteiger partial charge < -0.3 is 18.9 Å². The van der Waals surface area contributed by atoms with Crippen LogP contribution < -0.4 is 0 Å². The van der Waals surface area contributed by atoms with Gasteiger partial charge in [-0.15, -0.1) is 0 Å². The zero-order valence-corrected chi connectivity index (χ0v) is 11.9. The van der Waals surface area contributed by atoms with Gasteiger partial charge in [-0.3, -0.25) is 0 Å². The van der Waals surface area contributed by atoms with Crippen molar-refractivity contribution in [1.29, 1.82) is 0 Å². The molecule has 6 nitrogen and oxygen atoms in total. The summed E-state index contributed by atoms with van der Waals surface area (Å²) in [5.41, 5.74) is 0.325. The summed E-state index contributed by atoms with van der Waals surface area (Å²) in [4.78, 5) is 23.6. The van der Waals surface area contributed by atoms with Crippen LogP contribution in [0.1, 0.15) is 6.92 Å². The largest absolute Gasteiger partial charge is 0.459 e. The second-order valence-electron chi connectivity index (χ2n) is 4.73. The van der Waals surface area contributed by atoms with Gasteiger partial charge in [-0.1, -0.05) is 18.7 Å². The van der Waals surface area contributed by atoms with Crippen molar-refractivity contribution in [3.8, 4) is 0 Å². The molecule has 2 aliphatic heterocycles. The molecule has 2 atom stereocenters. The van der Waals surface area contributed by atoms with Crippen LogP contribution in [0.2, 0.25) is 0 Å². The molecule has 114 valence electrons. The number of hydrogen-bond donors (Lipinski definition) is 0. The van der Waals surface area contributed by atoms with Gasteiger partial charge in [0.05, 0.1) is 24.4 Å². The van der Waals surface area contributed by atoms with Crippen molar-refractivity contribution >= 4 is 11.9 Å². The molecule has 0 N–H and O–H groups in total. The molecular formula is C15H18O6. The molecule has 21 heavy (non-hydrogen) atoms. The van der Waals surface area contributed by atoms with Crippen LogP contribution in [-0.4, -0.2) is 50.6 Å². The number of allylic oxidation sites excluding steroid dienone is 1. The van der Waals surface area contributed by atoms with Gasteiger partial charge in [0.1, 0.15) is 25.4 Å². The average molecular weight is 294 g/mol. The first-order valence-corrected chi connectivity index (χ1v) is 6.71. The molecule has 6 heteroatoms. The number of rotatable bonds is 8. The quantitative estimate of drug-likeness (QED) is 0.287. The Labute approximate surface area is 123 Å². The van der Waals surface area contributed by atoms with E-state index in [4.69, 9.17) is 18.9 Å². The third kappa shape index (κ3) is 5.53. The first-order valence-electron chi connectivity index (χ1n) is 6.71. The standard InChI is InChI=1S/C15H18O6/c1-3-4-11(15(17)21-9-13-7-19-13)5-10(2)14(16)20-8-12-6-18-12/h3-5,12-13H,2,6-9H2,1H3/b4-3-,11-5+. The van der Waals surface area contributed by atoms with Crippen LogP contribution in [0.3, 0.4) is 0 Å². The second-order valence-corrected chi connectivity index (χ2v) is 4.73. The molecule has 0 radical (unpaired) electrons. The Bertz CT molecular complexity index is 482. The third-order valence-corrected chi connectivity index (χ3v) is 2.78. The normalized spacial score (nSPS) is 23.8. The molecule has 0 aromatic carbocycles. The fourth-order valence-electron chi connectivity index (χ4n) is 1.44. The predicted octanol–water partition coefficient (Wildman–Crippen LogP) is 0.929. The Morgan fingerprint density at radius 3 is 2.14 bits per heavy atom. The van der Waals surface area contributed by atoms with E-state index in [1.807, 2.05) is 0 Å². The minimum Gasteiger partial charge on any atom is -0.459 e. The number of esters is 2. The summed E-state index contributed by atoms with van der Waals surface area (Å²) in [6.07, 6.45) is 4.57. The zero-order chi connectivity index (χ0) is 15.2. The van der Waals surface area contributed by atoms with Crippen molar-refractivity contribution in [3.05, 3.63) is 36.0 Å². The lowest BCUT2D eigenvalue weighted by Crippen LogP contribution is -2.14. The minimum absolute atomic E-state index is 0.00693. The van der Waals surface area contributed by atoms with Gasteiger partial charge in [0.2, 0.25) is 0 Å². The monoisotopic (exact) mass is 294 g/mol. The average Bonchev–Trinajstić information content (AvgIpc) is 3.35. The van der Waals surface area contributed by atoms with Crippen LogP contribution in [-0.2, 0) is 28.5 Å². The van der Waals surface area contributed by atoms with Crippen molar-refractivity contribution in [3.63, 3.8) is 0 Å². The maximum absolute atomic E-state index is 11.9. The fraction of sp³-hybridized carbons (Fsp3) is 0.467. The first-order chi connectivity index (χ1) is 10.1. The van der Waals surface area contributed by atoms with Crippen LogP contribution in [0.15, 0.2) is 36.0 Å². The highest BCUT2D eigenvalue weighted by Crippen LogP contribution is 2.13. The SMILES string of the molecule is C=C(/C=C(\C=C/C)C(=O)OCC1CO1)C(=O)OCC1CO1. The molecule has 0 amide bonds. The third-order valence-electron chi connectivity index (χ3n) is 2.78. The van der Waals surface area contributed by atoms with Gasteiger partial charge in [-0.05, 0) is 13.0 Å². The van der Waals surface area contributed by atoms with E-state index in [2.05, 4.69) is 6.58 Å². The van der Waals surface area contributed by atoms with Crippen LogP contribution in [0, 0.1) is 0 Å². The van der Waals surface area contributed by atoms with E-state index < -0.39 is 11.9 Å². The van der Waals surface area contributed by atoms with Gasteiger partial charge in [-0.2, -0.15) is 0 Å². The smallest absolute Gasteiger partial charge is 0.338 e. The summed E-state index contributed by atoms with van der Waals surface area (Å²) in [5.74, 6) is -1.10. The molecule has 0 spiro atoms. The molecule has 2 heterocycles. The number of carbonyl (C=O) groups is 2. The lowest BCUT2D eigenvalue weighted by Gasteiger charge is -2.05. The van der Waals surface area contributed by atoms with Crippen LogP contribution in [0.4, 0.5) is 0 Å². The van der Waals surface area contributed by atoms with Crippen molar-refractivity contribution < 1.29 is 28.5 Å². The first kappa shape index (κ1) is 15.5. The number of ether oxygens (including phenoxy) is 4. The van der Waals surface area contributed by atoms with Crippen molar-refractivity contribution in [2.24, 2.45) is 0 Å². The van der Waals surface area contributed by atoms with E-state index in [-0.39, 0.29) is 36.6 Å². The van der Waals surface area contributed by atoms with Gasteiger partial charge >= 0.3 is 11.9 Å². The topological polar surface area (TPSA) is 77.7 Å². The Morgan fingerprint density at radius 2 is 1.67 bits per heavy atom. The number of carbonyl (C=O) groups excluding carboxylic acids is 2. The molecule has 2 rings (SSSR count). The molecule has 2 fully saturated rings. The van der Waals surface area contributed by atoms with Gasteiger partial charge in [0, 0.05) is 0 Å². The summed E-state index contributed by atoms with van der Waals surface area (Å²) in [6, 6.07) is 0. The summed E-state index contributed by atoms with van der Waals surface area (Å²) in [5, 5.41) is 0. The van der Waals surface area contributed by atoms with Crippen molar-refractivity contribution in [1.82, 2.24) is 0 Å². The Balaban J connectivity index is 1.88. The summed E-state index contributed by atoms with van der Waals surface area (Å²) in [6.45, 7) is 7.00. The van der Waals surface area contributed by atoms with Crippen LogP contribution >= 0.6 is 0 Å². The predicted molar refractivity (Wildman–Crippen MR) is 73.4 cm³/mol. The summed E-state index contributed by atoms with van der Waals surface area (Å²) < 4.78 is 20.0. The van der Waals surface area contributed by atoms with Gasteiger partial charge in [0.25, 0.3) is 0 Å². The van der Waals surface area contributed by atoms with Crippen LogP contribution in [0.5, 0.6) is 0 Å². The maximum Gasteiger partial charge on any atom is 0.338 e. The van der Waals surface area contributed by atoms with Gasteiger partial charge in [-0.25, -0.2) is 9.59 Å². The number of epoxide rings is 2. The van der Waals surface area contributed by atoms with E-state index in [9.17, 15) is 9.59 Å². The highest BCUT2D eigenvalue weighted by atomic mass is 16.6. The lowest BCUT2D eigenvalue weighted by atomic mass is 10.1. The van der Waals surface area contributed by atoms with Crippen LogP contribution in [0.25, 0.3) is 0 Å². The van der Waals surface area contributed by atoms with E-state index in [1.54, 1.807) is 19.1 Å². The van der Waals surface area contributed by atoms with E-state index in [1.165, 1.54) is 6.08 Å². The molecule has 0 saturated carbocycles. The highest BCUT2D eigenvalue weighted by molar-refractivity contribution is 5.97. The Hall–Kier alpha value is -1.92. The fourth-order valence-corrected chi connectivity index (χ4v) is 1.44. The van der Waals surface area contributed by atoms with Crippen molar-refractivity contribution in [2.45, 2.75) is 19.1 Å².